The van der Waals surface area contributed by atoms with E-state index in [0.717, 1.165) is 24.0 Å². The zero-order chi connectivity index (χ0) is 18.5. The molecule has 2 amide bonds. The second-order valence-electron chi connectivity index (χ2n) is 7.13. The molecule has 2 aromatic carbocycles. The highest BCUT2D eigenvalue weighted by atomic mass is 16.2. The summed E-state index contributed by atoms with van der Waals surface area (Å²) >= 11 is 0. The number of nitrogens with zero attached hydrogens (tertiary/aromatic N) is 2. The van der Waals surface area contributed by atoms with Crippen LogP contribution in [0.15, 0.2) is 54.6 Å². The summed E-state index contributed by atoms with van der Waals surface area (Å²) < 4.78 is 0. The highest BCUT2D eigenvalue weighted by Crippen LogP contribution is 2.21. The predicted molar refractivity (Wildman–Crippen MR) is 104 cm³/mol. The zero-order valence-corrected chi connectivity index (χ0v) is 15.5. The predicted octanol–water partition coefficient (Wildman–Crippen LogP) is 3.22. The van der Waals surface area contributed by atoms with E-state index in [4.69, 9.17) is 0 Å². The fourth-order valence-electron chi connectivity index (χ4n) is 3.47. The van der Waals surface area contributed by atoms with Gasteiger partial charge in [0, 0.05) is 33.1 Å². The monoisotopic (exact) mass is 350 g/mol. The smallest absolute Gasteiger partial charge is 0.226 e. The molecular formula is C22H26N2O2. The number of amides is 2. The van der Waals surface area contributed by atoms with Gasteiger partial charge in [-0.1, -0.05) is 54.6 Å². The quantitative estimate of drug-likeness (QED) is 0.849. The standard InChI is InChI=1S/C22H26N2O2/c1-23(2)22(26)20-12-14-24(15-13-20)21(25)16-17-8-10-19(11-9-17)18-6-4-3-5-7-18/h3-11,20H,12-16H2,1-2H3. The summed E-state index contributed by atoms with van der Waals surface area (Å²) in [5, 5.41) is 0. The maximum Gasteiger partial charge on any atom is 0.226 e. The van der Waals surface area contributed by atoms with Crippen molar-refractivity contribution >= 4 is 11.8 Å². The number of hydrogen-bond donors (Lipinski definition) is 0. The second-order valence-corrected chi connectivity index (χ2v) is 7.13. The van der Waals surface area contributed by atoms with Crippen LogP contribution in [0.5, 0.6) is 0 Å². The molecule has 1 saturated heterocycles. The minimum atomic E-state index is 0.0548. The molecule has 26 heavy (non-hydrogen) atoms. The lowest BCUT2D eigenvalue weighted by atomic mass is 9.95. The van der Waals surface area contributed by atoms with Crippen LogP contribution in [0, 0.1) is 5.92 Å². The molecule has 136 valence electrons. The number of carbonyl (C=O) groups excluding carboxylic acids is 2. The first-order chi connectivity index (χ1) is 12.5. The molecule has 3 rings (SSSR count). The van der Waals surface area contributed by atoms with Crippen molar-refractivity contribution < 1.29 is 9.59 Å². The number of benzene rings is 2. The van der Waals surface area contributed by atoms with E-state index in [9.17, 15) is 9.59 Å². The molecule has 0 spiro atoms. The van der Waals surface area contributed by atoms with Gasteiger partial charge in [0.05, 0.1) is 6.42 Å². The Morgan fingerprint density at radius 2 is 1.50 bits per heavy atom. The molecule has 0 unspecified atom stereocenters. The topological polar surface area (TPSA) is 40.6 Å². The van der Waals surface area contributed by atoms with Crippen LogP contribution in [0.3, 0.4) is 0 Å². The molecular weight excluding hydrogens is 324 g/mol. The van der Waals surface area contributed by atoms with Crippen molar-refractivity contribution in [2.75, 3.05) is 27.2 Å². The molecule has 0 atom stereocenters. The molecule has 1 heterocycles. The number of rotatable bonds is 4. The zero-order valence-electron chi connectivity index (χ0n) is 15.5. The van der Waals surface area contributed by atoms with Gasteiger partial charge in [0.2, 0.25) is 11.8 Å². The molecule has 0 aliphatic carbocycles. The Hall–Kier alpha value is -2.62. The number of likely N-dealkylation sites (tertiary alicyclic amines) is 1. The Kier molecular flexibility index (Phi) is 5.71. The van der Waals surface area contributed by atoms with Crippen LogP contribution in [0.1, 0.15) is 18.4 Å². The second kappa shape index (κ2) is 8.17. The summed E-state index contributed by atoms with van der Waals surface area (Å²) in [5.41, 5.74) is 3.36. The van der Waals surface area contributed by atoms with Crippen LogP contribution in [0.25, 0.3) is 11.1 Å². The molecule has 0 saturated carbocycles. The number of carbonyl (C=O) groups is 2. The Morgan fingerprint density at radius 1 is 0.923 bits per heavy atom. The summed E-state index contributed by atoms with van der Waals surface area (Å²) in [4.78, 5) is 28.1. The maximum atomic E-state index is 12.6. The van der Waals surface area contributed by atoms with Gasteiger partial charge in [-0.25, -0.2) is 0 Å². The van der Waals surface area contributed by atoms with Gasteiger partial charge in [0.1, 0.15) is 0 Å². The van der Waals surface area contributed by atoms with E-state index in [1.54, 1.807) is 19.0 Å². The van der Waals surface area contributed by atoms with Gasteiger partial charge in [-0.05, 0) is 29.5 Å². The van der Waals surface area contributed by atoms with Gasteiger partial charge in [0.25, 0.3) is 0 Å². The molecule has 4 nitrogen and oxygen atoms in total. The van der Waals surface area contributed by atoms with Crippen molar-refractivity contribution in [3.8, 4) is 11.1 Å². The van der Waals surface area contributed by atoms with Crippen LogP contribution in [-0.2, 0) is 16.0 Å². The molecule has 0 N–H and O–H groups in total. The third-order valence-electron chi connectivity index (χ3n) is 5.05. The van der Waals surface area contributed by atoms with E-state index < -0.39 is 0 Å². The molecule has 2 aromatic rings. The Morgan fingerprint density at radius 3 is 2.08 bits per heavy atom. The average molecular weight is 350 g/mol. The molecule has 4 heteroatoms. The molecule has 1 fully saturated rings. The van der Waals surface area contributed by atoms with Crippen molar-refractivity contribution in [1.29, 1.82) is 0 Å². The van der Waals surface area contributed by atoms with Crippen molar-refractivity contribution in [3.63, 3.8) is 0 Å². The Balaban J connectivity index is 1.55. The van der Waals surface area contributed by atoms with E-state index >= 15 is 0 Å². The minimum Gasteiger partial charge on any atom is -0.349 e. The minimum absolute atomic E-state index is 0.0548. The van der Waals surface area contributed by atoms with Crippen LogP contribution < -0.4 is 0 Å². The molecule has 1 aliphatic heterocycles. The maximum absolute atomic E-state index is 12.6. The summed E-state index contributed by atoms with van der Waals surface area (Å²) in [7, 11) is 3.58. The third-order valence-corrected chi connectivity index (χ3v) is 5.05. The van der Waals surface area contributed by atoms with Crippen LogP contribution in [-0.4, -0.2) is 48.8 Å². The van der Waals surface area contributed by atoms with Gasteiger partial charge >= 0.3 is 0 Å². The Labute approximate surface area is 155 Å². The highest BCUT2D eigenvalue weighted by Gasteiger charge is 2.28. The average Bonchev–Trinajstić information content (AvgIpc) is 2.68. The number of hydrogen-bond acceptors (Lipinski definition) is 2. The number of piperidine rings is 1. The molecule has 0 aromatic heterocycles. The fourth-order valence-corrected chi connectivity index (χ4v) is 3.47. The van der Waals surface area contributed by atoms with Crippen LogP contribution in [0.2, 0.25) is 0 Å². The SMILES string of the molecule is CN(C)C(=O)C1CCN(C(=O)Cc2ccc(-c3ccccc3)cc2)CC1. The van der Waals surface area contributed by atoms with E-state index in [-0.39, 0.29) is 17.7 Å². The first-order valence-corrected chi connectivity index (χ1v) is 9.18. The van der Waals surface area contributed by atoms with E-state index in [2.05, 4.69) is 24.3 Å². The lowest BCUT2D eigenvalue weighted by molar-refractivity contribution is -0.138. The summed E-state index contributed by atoms with van der Waals surface area (Å²) in [6.07, 6.45) is 1.94. The van der Waals surface area contributed by atoms with Crippen molar-refractivity contribution in [2.45, 2.75) is 19.3 Å². The van der Waals surface area contributed by atoms with Crippen molar-refractivity contribution in [2.24, 2.45) is 5.92 Å². The third kappa shape index (κ3) is 4.31. The lowest BCUT2D eigenvalue weighted by Gasteiger charge is -2.32. The molecule has 1 aliphatic rings. The van der Waals surface area contributed by atoms with Crippen LogP contribution >= 0.6 is 0 Å². The van der Waals surface area contributed by atoms with Crippen molar-refractivity contribution in [1.82, 2.24) is 9.80 Å². The molecule has 0 radical (unpaired) electrons. The van der Waals surface area contributed by atoms with Gasteiger partial charge in [0.15, 0.2) is 0 Å². The van der Waals surface area contributed by atoms with E-state index in [1.807, 2.05) is 35.2 Å². The fraction of sp³-hybridized carbons (Fsp3) is 0.364. The van der Waals surface area contributed by atoms with Gasteiger partial charge in [-0.3, -0.25) is 9.59 Å². The largest absolute Gasteiger partial charge is 0.349 e. The van der Waals surface area contributed by atoms with Gasteiger partial charge < -0.3 is 9.80 Å². The molecule has 0 bridgehead atoms. The first kappa shape index (κ1) is 18.2. The van der Waals surface area contributed by atoms with Gasteiger partial charge in [-0.2, -0.15) is 0 Å². The van der Waals surface area contributed by atoms with Gasteiger partial charge in [-0.15, -0.1) is 0 Å². The summed E-state index contributed by atoms with van der Waals surface area (Å²) in [5.74, 6) is 0.376. The van der Waals surface area contributed by atoms with E-state index in [1.165, 1.54) is 5.56 Å². The lowest BCUT2D eigenvalue weighted by Crippen LogP contribution is -2.43. The van der Waals surface area contributed by atoms with Crippen LogP contribution in [0.4, 0.5) is 0 Å². The normalized spacial score (nSPS) is 14.9. The highest BCUT2D eigenvalue weighted by molar-refractivity contribution is 5.81. The summed E-state index contributed by atoms with van der Waals surface area (Å²) in [6.45, 7) is 1.34. The Bertz CT molecular complexity index is 745. The summed E-state index contributed by atoms with van der Waals surface area (Å²) in [6, 6.07) is 18.4. The van der Waals surface area contributed by atoms with Crippen molar-refractivity contribution in [3.05, 3.63) is 60.2 Å². The van der Waals surface area contributed by atoms with E-state index in [0.29, 0.717) is 19.5 Å². The first-order valence-electron chi connectivity index (χ1n) is 9.18.